The maximum atomic E-state index is 13.0. The van der Waals surface area contributed by atoms with E-state index in [1.165, 1.54) is 5.56 Å². The van der Waals surface area contributed by atoms with Gasteiger partial charge in [0.05, 0.1) is 5.69 Å². The Balaban J connectivity index is 1.46. The number of aliphatic hydroxyl groups is 1. The average Bonchev–Trinajstić information content (AvgIpc) is 3.15. The van der Waals surface area contributed by atoms with Gasteiger partial charge >= 0.3 is 0 Å². The highest BCUT2D eigenvalue weighted by Crippen LogP contribution is 2.49. The third-order valence-electron chi connectivity index (χ3n) is 7.31. The number of aliphatic imine (C=N–C) groups is 1. The van der Waals surface area contributed by atoms with E-state index in [4.69, 9.17) is 4.99 Å². The van der Waals surface area contributed by atoms with E-state index in [2.05, 4.69) is 51.1 Å². The van der Waals surface area contributed by atoms with Gasteiger partial charge in [0, 0.05) is 37.2 Å². The lowest BCUT2D eigenvalue weighted by Crippen LogP contribution is -2.39. The second-order valence-electron chi connectivity index (χ2n) is 9.77. The minimum absolute atomic E-state index is 0.108. The van der Waals surface area contributed by atoms with Crippen LogP contribution in [0.1, 0.15) is 43.9 Å². The number of amides is 1. The summed E-state index contributed by atoms with van der Waals surface area (Å²) < 4.78 is 0. The van der Waals surface area contributed by atoms with Crippen LogP contribution in [0.15, 0.2) is 42.2 Å². The predicted octanol–water partition coefficient (Wildman–Crippen LogP) is 2.87. The van der Waals surface area contributed by atoms with Crippen LogP contribution < -0.4 is 15.5 Å². The molecular formula is C26H32N6O2. The van der Waals surface area contributed by atoms with Crippen molar-refractivity contribution in [3.63, 3.8) is 0 Å². The maximum absolute atomic E-state index is 13.0. The maximum Gasteiger partial charge on any atom is 0.266 e. The van der Waals surface area contributed by atoms with Crippen molar-refractivity contribution >= 4 is 34.4 Å². The number of allylic oxidation sites excluding steroid dienone is 1. The molecule has 1 saturated heterocycles. The first-order chi connectivity index (χ1) is 16.5. The monoisotopic (exact) mass is 460 g/mol. The number of carbonyl (C=O) groups is 1. The summed E-state index contributed by atoms with van der Waals surface area (Å²) >= 11 is 0. The molecule has 1 atom stereocenters. The Morgan fingerprint density at radius 2 is 2.09 bits per heavy atom. The lowest BCUT2D eigenvalue weighted by molar-refractivity contribution is -0.115. The molecule has 1 fully saturated rings. The molecule has 1 amide bonds. The number of aliphatic hydroxyl groups excluding tert-OH is 1. The van der Waals surface area contributed by atoms with Crippen molar-refractivity contribution in [2.75, 3.05) is 37.7 Å². The van der Waals surface area contributed by atoms with E-state index < -0.39 is 0 Å². The summed E-state index contributed by atoms with van der Waals surface area (Å²) in [6.45, 7) is 9.79. The molecule has 3 N–H and O–H groups in total. The highest BCUT2D eigenvalue weighted by Gasteiger charge is 2.40. The number of benzene rings is 1. The molecule has 0 bridgehead atoms. The zero-order valence-electron chi connectivity index (χ0n) is 19.7. The second kappa shape index (κ2) is 9.27. The molecule has 5 rings (SSSR count). The Hall–Kier alpha value is -3.10. The van der Waals surface area contributed by atoms with Gasteiger partial charge in [-0.2, -0.15) is 0 Å². The topological polar surface area (TPSA) is 103 Å². The predicted molar refractivity (Wildman–Crippen MR) is 134 cm³/mol. The number of carbonyl (C=O) groups excluding carboxylic acids is 1. The van der Waals surface area contributed by atoms with Gasteiger partial charge in [0.15, 0.2) is 5.82 Å². The van der Waals surface area contributed by atoms with Crippen molar-refractivity contribution in [1.82, 2.24) is 20.6 Å². The van der Waals surface area contributed by atoms with Crippen LogP contribution in [0.25, 0.3) is 5.57 Å². The molecule has 1 aromatic carbocycles. The Labute approximate surface area is 200 Å². The summed E-state index contributed by atoms with van der Waals surface area (Å²) in [4.78, 5) is 29.0. The number of para-hydroxylation sites is 1. The Morgan fingerprint density at radius 3 is 2.88 bits per heavy atom. The van der Waals surface area contributed by atoms with E-state index in [-0.39, 0.29) is 17.9 Å². The van der Waals surface area contributed by atoms with Crippen LogP contribution in [0, 0.1) is 5.92 Å². The van der Waals surface area contributed by atoms with Crippen LogP contribution >= 0.6 is 0 Å². The molecule has 0 aliphatic carbocycles. The molecule has 0 spiro atoms. The van der Waals surface area contributed by atoms with Crippen LogP contribution in [0.2, 0.25) is 0 Å². The van der Waals surface area contributed by atoms with Crippen LogP contribution in [0.3, 0.4) is 0 Å². The quantitative estimate of drug-likeness (QED) is 0.613. The lowest BCUT2D eigenvalue weighted by atomic mass is 9.82. The minimum atomic E-state index is -0.215. The Kier molecular flexibility index (Phi) is 6.18. The minimum Gasteiger partial charge on any atom is -0.396 e. The molecule has 1 aromatic heterocycles. The molecule has 178 valence electrons. The van der Waals surface area contributed by atoms with Gasteiger partial charge in [-0.3, -0.25) is 4.79 Å². The van der Waals surface area contributed by atoms with Crippen molar-refractivity contribution < 1.29 is 9.90 Å². The molecule has 0 saturated carbocycles. The summed E-state index contributed by atoms with van der Waals surface area (Å²) in [5, 5.41) is 16.2. The summed E-state index contributed by atoms with van der Waals surface area (Å²) in [5.41, 5.74) is 4.51. The first kappa shape index (κ1) is 22.7. The summed E-state index contributed by atoms with van der Waals surface area (Å²) in [6.07, 6.45) is 4.71. The average molecular weight is 461 g/mol. The molecule has 8 heteroatoms. The molecule has 8 nitrogen and oxygen atoms in total. The highest BCUT2D eigenvalue weighted by molar-refractivity contribution is 6.41. The standard InChI is InChI=1S/C26H32N6O2/c1-17-13-20(25(34)28-14-18-7-10-27-11-8-18)31-23-22(17)29-16-30-24(23)32-15-26(2,9-12-33)19-5-3-4-6-21(19)32/h3-6,16,18,27,33H,1,7-15H2,2H3,(H,28,34). The van der Waals surface area contributed by atoms with Crippen molar-refractivity contribution in [3.8, 4) is 0 Å². The molecule has 1 unspecified atom stereocenters. The van der Waals surface area contributed by atoms with E-state index in [1.807, 2.05) is 12.1 Å². The van der Waals surface area contributed by atoms with Gasteiger partial charge in [-0.1, -0.05) is 31.7 Å². The van der Waals surface area contributed by atoms with Crippen molar-refractivity contribution in [3.05, 3.63) is 48.4 Å². The van der Waals surface area contributed by atoms with Crippen molar-refractivity contribution in [2.24, 2.45) is 10.9 Å². The normalized spacial score (nSPS) is 22.2. The largest absolute Gasteiger partial charge is 0.396 e. The molecule has 3 aliphatic rings. The van der Waals surface area contributed by atoms with E-state index >= 15 is 0 Å². The zero-order valence-corrected chi connectivity index (χ0v) is 19.7. The Morgan fingerprint density at radius 1 is 1.29 bits per heavy atom. The molecule has 4 heterocycles. The number of nitrogens with zero attached hydrogens (tertiary/aromatic N) is 4. The molecule has 2 aromatic rings. The third-order valence-corrected chi connectivity index (χ3v) is 7.31. The fraction of sp³-hybridized carbons (Fsp3) is 0.462. The zero-order chi connectivity index (χ0) is 23.7. The molecule has 34 heavy (non-hydrogen) atoms. The van der Waals surface area contributed by atoms with Crippen LogP contribution in [-0.2, 0) is 10.2 Å². The van der Waals surface area contributed by atoms with Gasteiger partial charge in [-0.15, -0.1) is 0 Å². The van der Waals surface area contributed by atoms with Crippen LogP contribution in [-0.4, -0.2) is 59.5 Å². The first-order valence-electron chi connectivity index (χ1n) is 12.1. The third kappa shape index (κ3) is 4.12. The SMILES string of the molecule is C=C1CC(C(=O)NCC2CCNCC2)=Nc2c1ncnc2N1CC(C)(CCO)c2ccccc21. The van der Waals surface area contributed by atoms with Gasteiger partial charge in [0.25, 0.3) is 5.91 Å². The highest BCUT2D eigenvalue weighted by atomic mass is 16.3. The number of hydrogen-bond acceptors (Lipinski definition) is 7. The summed E-state index contributed by atoms with van der Waals surface area (Å²) in [5.74, 6) is 1.02. The van der Waals surface area contributed by atoms with Gasteiger partial charge in [-0.25, -0.2) is 15.0 Å². The number of aromatic nitrogens is 2. The second-order valence-corrected chi connectivity index (χ2v) is 9.77. The van der Waals surface area contributed by atoms with Gasteiger partial charge in [0.2, 0.25) is 0 Å². The number of fused-ring (bicyclic) bond motifs is 2. The number of piperidine rings is 1. The van der Waals surface area contributed by atoms with Crippen molar-refractivity contribution in [1.29, 1.82) is 0 Å². The lowest BCUT2D eigenvalue weighted by Gasteiger charge is -2.27. The number of anilines is 2. The number of hydrogen-bond donors (Lipinski definition) is 3. The summed E-state index contributed by atoms with van der Waals surface area (Å²) in [7, 11) is 0. The number of rotatable bonds is 6. The van der Waals surface area contributed by atoms with Crippen LogP contribution in [0.5, 0.6) is 0 Å². The van der Waals surface area contributed by atoms with E-state index in [0.29, 0.717) is 54.8 Å². The molecule has 3 aliphatic heterocycles. The van der Waals surface area contributed by atoms with E-state index in [1.54, 1.807) is 6.33 Å². The molecular weight excluding hydrogens is 428 g/mol. The smallest absolute Gasteiger partial charge is 0.266 e. The van der Waals surface area contributed by atoms with Gasteiger partial charge < -0.3 is 20.6 Å². The number of nitrogens with one attached hydrogen (secondary N) is 2. The van der Waals surface area contributed by atoms with Crippen LogP contribution in [0.4, 0.5) is 17.2 Å². The first-order valence-corrected chi connectivity index (χ1v) is 12.1. The fourth-order valence-corrected chi connectivity index (χ4v) is 5.33. The van der Waals surface area contributed by atoms with Crippen molar-refractivity contribution in [2.45, 2.75) is 38.0 Å². The Bertz CT molecular complexity index is 1140. The fourth-order valence-electron chi connectivity index (χ4n) is 5.33. The van der Waals surface area contributed by atoms with E-state index in [9.17, 15) is 9.90 Å². The van der Waals surface area contributed by atoms with Gasteiger partial charge in [-0.05, 0) is 55.5 Å². The van der Waals surface area contributed by atoms with Gasteiger partial charge in [0.1, 0.15) is 17.7 Å². The van der Waals surface area contributed by atoms with E-state index in [0.717, 1.165) is 37.2 Å². The molecule has 0 radical (unpaired) electrons. The summed E-state index contributed by atoms with van der Waals surface area (Å²) in [6, 6.07) is 8.21.